The molecule has 0 aromatic heterocycles. The number of hydrogen-bond acceptors (Lipinski definition) is 3. The molecule has 162 valence electrons. The molecule has 0 spiro atoms. The lowest BCUT2D eigenvalue weighted by Crippen LogP contribution is -2.32. The minimum Gasteiger partial charge on any atom is -0.321 e. The fourth-order valence-corrected chi connectivity index (χ4v) is 5.81. The molecule has 0 atom stereocenters. The molecule has 1 aliphatic heterocycles. The number of para-hydroxylation sites is 1. The molecular weight excluding hydrogens is 420 g/mol. The van der Waals surface area contributed by atoms with Gasteiger partial charge in [0.25, 0.3) is 5.91 Å². The predicted octanol–water partition coefficient (Wildman–Crippen LogP) is 5.59. The highest BCUT2D eigenvalue weighted by Crippen LogP contribution is 2.30. The highest BCUT2D eigenvalue weighted by Gasteiger charge is 2.28. The van der Waals surface area contributed by atoms with Crippen molar-refractivity contribution in [2.45, 2.75) is 57.3 Å². The average Bonchev–Trinajstić information content (AvgIpc) is 2.99. The van der Waals surface area contributed by atoms with Crippen LogP contribution in [-0.2, 0) is 10.0 Å². The maximum atomic E-state index is 13.2. The molecule has 0 unspecified atom stereocenters. The average molecular weight is 449 g/mol. The van der Waals surface area contributed by atoms with Gasteiger partial charge >= 0.3 is 0 Å². The number of nitrogens with zero attached hydrogens (tertiary/aromatic N) is 1. The van der Waals surface area contributed by atoms with E-state index in [1.165, 1.54) is 16.4 Å². The molecule has 1 heterocycles. The van der Waals surface area contributed by atoms with Gasteiger partial charge < -0.3 is 5.32 Å². The summed E-state index contributed by atoms with van der Waals surface area (Å²) in [4.78, 5) is 13.0. The van der Waals surface area contributed by atoms with Crippen molar-refractivity contribution in [3.05, 3.63) is 58.1 Å². The summed E-state index contributed by atoms with van der Waals surface area (Å²) in [6, 6.07) is 10.3. The summed E-state index contributed by atoms with van der Waals surface area (Å²) in [5.74, 6) is -0.112. The Balaban J connectivity index is 1.93. The quantitative estimate of drug-likeness (QED) is 0.648. The zero-order chi connectivity index (χ0) is 21.9. The van der Waals surface area contributed by atoms with E-state index >= 15 is 0 Å². The number of hydrogen-bond donors (Lipinski definition) is 1. The van der Waals surface area contributed by atoms with Gasteiger partial charge in [-0.3, -0.25) is 4.79 Å². The van der Waals surface area contributed by atoms with Gasteiger partial charge in [-0.05, 0) is 55.0 Å². The fourth-order valence-electron chi connectivity index (χ4n) is 3.79. The fraction of sp³-hybridized carbons (Fsp3) is 0.435. The van der Waals surface area contributed by atoms with Crippen LogP contribution in [0.3, 0.4) is 0 Å². The summed E-state index contributed by atoms with van der Waals surface area (Å²) in [6.07, 6.45) is 3.72. The largest absolute Gasteiger partial charge is 0.321 e. The number of sulfonamides is 1. The number of carbonyl (C=O) groups is 1. The lowest BCUT2D eigenvalue weighted by atomic mass is 9.98. The molecule has 5 nitrogen and oxygen atoms in total. The van der Waals surface area contributed by atoms with Crippen molar-refractivity contribution in [3.8, 4) is 0 Å². The smallest absolute Gasteiger partial charge is 0.255 e. The molecule has 0 aliphatic carbocycles. The molecule has 0 saturated carbocycles. The Morgan fingerprint density at radius 1 is 1.07 bits per heavy atom. The van der Waals surface area contributed by atoms with Gasteiger partial charge in [0.05, 0.1) is 5.02 Å². The van der Waals surface area contributed by atoms with E-state index < -0.39 is 10.0 Å². The summed E-state index contributed by atoms with van der Waals surface area (Å²) < 4.78 is 27.9. The predicted molar refractivity (Wildman–Crippen MR) is 122 cm³/mol. The summed E-state index contributed by atoms with van der Waals surface area (Å²) >= 11 is 6.26. The molecule has 1 N–H and O–H groups in total. The highest BCUT2D eigenvalue weighted by atomic mass is 35.5. The molecule has 1 aliphatic rings. The molecule has 30 heavy (non-hydrogen) atoms. The first-order valence-electron chi connectivity index (χ1n) is 10.4. The molecule has 0 radical (unpaired) electrons. The first kappa shape index (κ1) is 22.8. The zero-order valence-corrected chi connectivity index (χ0v) is 19.3. The Labute approximate surface area is 184 Å². The van der Waals surface area contributed by atoms with Crippen molar-refractivity contribution >= 4 is 33.2 Å². The van der Waals surface area contributed by atoms with Crippen molar-refractivity contribution < 1.29 is 13.2 Å². The third kappa shape index (κ3) is 4.88. The van der Waals surface area contributed by atoms with E-state index in [1.807, 2.05) is 25.1 Å². The number of amides is 1. The standard InChI is InChI=1S/C23H29ClN2O3S/c1-16(2)19-10-8-9-17(3)22(19)25-23(27)18-11-12-20(24)21(15-18)30(28,29)26-13-6-4-5-7-14-26/h8-12,15-16H,4-7,13-14H2,1-3H3,(H,25,27). The van der Waals surface area contributed by atoms with Gasteiger partial charge in [0, 0.05) is 24.3 Å². The van der Waals surface area contributed by atoms with Crippen LogP contribution in [0.2, 0.25) is 5.02 Å². The third-order valence-electron chi connectivity index (χ3n) is 5.54. The molecule has 1 amide bonds. The van der Waals surface area contributed by atoms with E-state index in [-0.39, 0.29) is 27.3 Å². The summed E-state index contributed by atoms with van der Waals surface area (Å²) in [6.45, 7) is 7.04. The maximum absolute atomic E-state index is 13.2. The van der Waals surface area contributed by atoms with Crippen molar-refractivity contribution in [2.24, 2.45) is 0 Å². The SMILES string of the molecule is Cc1cccc(C(C)C)c1NC(=O)c1ccc(Cl)c(S(=O)(=O)N2CCCCCC2)c1. The number of aryl methyl sites for hydroxylation is 1. The molecule has 1 fully saturated rings. The van der Waals surface area contributed by atoms with Crippen LogP contribution in [0.1, 0.15) is 66.9 Å². The minimum absolute atomic E-state index is 0.00687. The second-order valence-corrected chi connectivity index (χ2v) is 10.4. The van der Waals surface area contributed by atoms with E-state index in [4.69, 9.17) is 11.6 Å². The highest BCUT2D eigenvalue weighted by molar-refractivity contribution is 7.89. The second kappa shape index (κ2) is 9.50. The Bertz CT molecular complexity index is 1030. The number of nitrogens with one attached hydrogen (secondary N) is 1. The third-order valence-corrected chi connectivity index (χ3v) is 7.92. The van der Waals surface area contributed by atoms with Crippen molar-refractivity contribution in [2.75, 3.05) is 18.4 Å². The van der Waals surface area contributed by atoms with Crippen LogP contribution in [0.25, 0.3) is 0 Å². The van der Waals surface area contributed by atoms with Crippen LogP contribution in [0.15, 0.2) is 41.3 Å². The first-order valence-corrected chi connectivity index (χ1v) is 12.2. The number of rotatable bonds is 5. The van der Waals surface area contributed by atoms with Gasteiger partial charge in [-0.15, -0.1) is 0 Å². The van der Waals surface area contributed by atoms with Crippen LogP contribution < -0.4 is 5.32 Å². The number of benzene rings is 2. The lowest BCUT2D eigenvalue weighted by Gasteiger charge is -2.21. The van der Waals surface area contributed by atoms with Gasteiger partial charge in [-0.1, -0.05) is 56.5 Å². The molecule has 7 heteroatoms. The van der Waals surface area contributed by atoms with E-state index in [1.54, 1.807) is 6.07 Å². The van der Waals surface area contributed by atoms with Crippen molar-refractivity contribution in [1.29, 1.82) is 0 Å². The summed E-state index contributed by atoms with van der Waals surface area (Å²) in [5, 5.41) is 3.11. The molecule has 0 bridgehead atoms. The number of carbonyl (C=O) groups excluding carboxylic acids is 1. The zero-order valence-electron chi connectivity index (χ0n) is 17.7. The number of halogens is 1. The minimum atomic E-state index is -3.75. The van der Waals surface area contributed by atoms with E-state index in [2.05, 4.69) is 19.2 Å². The molecule has 2 aromatic rings. The Morgan fingerprint density at radius 2 is 1.73 bits per heavy atom. The topological polar surface area (TPSA) is 66.5 Å². The van der Waals surface area contributed by atoms with E-state index in [9.17, 15) is 13.2 Å². The summed E-state index contributed by atoms with van der Waals surface area (Å²) in [5.41, 5.74) is 3.03. The Hall–Kier alpha value is -1.89. The van der Waals surface area contributed by atoms with E-state index in [0.717, 1.165) is 42.5 Å². The monoisotopic (exact) mass is 448 g/mol. The number of anilines is 1. The molecular formula is C23H29ClN2O3S. The molecule has 2 aromatic carbocycles. The second-order valence-electron chi connectivity index (χ2n) is 8.11. The van der Waals surface area contributed by atoms with Gasteiger partial charge in [0.15, 0.2) is 0 Å². The summed E-state index contributed by atoms with van der Waals surface area (Å²) in [7, 11) is -3.75. The Morgan fingerprint density at radius 3 is 2.37 bits per heavy atom. The van der Waals surface area contributed by atoms with Crippen molar-refractivity contribution in [1.82, 2.24) is 4.31 Å². The Kier molecular flexibility index (Phi) is 7.22. The van der Waals surface area contributed by atoms with Crippen molar-refractivity contribution in [3.63, 3.8) is 0 Å². The lowest BCUT2D eigenvalue weighted by molar-refractivity contribution is 0.102. The van der Waals surface area contributed by atoms with Crippen LogP contribution in [0.5, 0.6) is 0 Å². The van der Waals surface area contributed by atoms with Gasteiger partial charge in [-0.2, -0.15) is 4.31 Å². The van der Waals surface area contributed by atoms with E-state index in [0.29, 0.717) is 13.1 Å². The normalized spacial score (nSPS) is 15.8. The first-order chi connectivity index (χ1) is 14.2. The van der Waals surface area contributed by atoms with Gasteiger partial charge in [0.2, 0.25) is 10.0 Å². The van der Waals surface area contributed by atoms with Crippen LogP contribution >= 0.6 is 11.6 Å². The van der Waals surface area contributed by atoms with Gasteiger partial charge in [-0.25, -0.2) is 8.42 Å². The van der Waals surface area contributed by atoms with Crippen LogP contribution in [0.4, 0.5) is 5.69 Å². The molecule has 1 saturated heterocycles. The maximum Gasteiger partial charge on any atom is 0.255 e. The molecule has 3 rings (SSSR count). The van der Waals surface area contributed by atoms with Crippen LogP contribution in [0, 0.1) is 6.92 Å². The van der Waals surface area contributed by atoms with Gasteiger partial charge in [0.1, 0.15) is 4.90 Å². The van der Waals surface area contributed by atoms with Crippen LogP contribution in [-0.4, -0.2) is 31.7 Å².